The van der Waals surface area contributed by atoms with Crippen molar-refractivity contribution in [1.29, 1.82) is 0 Å². The number of ketones is 1. The quantitative estimate of drug-likeness (QED) is 0.0609. The lowest BCUT2D eigenvalue weighted by Crippen LogP contribution is -2.36. The summed E-state index contributed by atoms with van der Waals surface area (Å²) < 4.78 is 28.8. The number of anilines is 2. The summed E-state index contributed by atoms with van der Waals surface area (Å²) in [5.74, 6) is 0.552. The van der Waals surface area contributed by atoms with Crippen molar-refractivity contribution in [3.63, 3.8) is 0 Å². The second kappa shape index (κ2) is 27.0. The Labute approximate surface area is 300 Å². The van der Waals surface area contributed by atoms with Crippen LogP contribution in [0.5, 0.6) is 11.5 Å². The van der Waals surface area contributed by atoms with Gasteiger partial charge in [0.15, 0.2) is 0 Å². The summed E-state index contributed by atoms with van der Waals surface area (Å²) in [6.45, 7) is 10.3. The van der Waals surface area contributed by atoms with Crippen molar-refractivity contribution in [2.45, 2.75) is 105 Å². The van der Waals surface area contributed by atoms with Crippen molar-refractivity contribution in [2.24, 2.45) is 0 Å². The molecule has 0 heterocycles. The molecule has 2 aromatic carbocycles. The van der Waals surface area contributed by atoms with Crippen LogP contribution in [0.25, 0.3) is 0 Å². The topological polar surface area (TPSA) is 104 Å². The van der Waals surface area contributed by atoms with Crippen molar-refractivity contribution >= 4 is 29.2 Å². The van der Waals surface area contributed by atoms with Crippen molar-refractivity contribution in [1.82, 2.24) is 0 Å². The number of benzene rings is 2. The zero-order valence-electron chi connectivity index (χ0n) is 31.1. The average molecular weight is 699 g/mol. The number of unbranched alkanes of at least 4 members (excludes halogenated alkanes) is 10. The van der Waals surface area contributed by atoms with E-state index in [4.69, 9.17) is 23.7 Å². The first-order valence-electron chi connectivity index (χ1n) is 18.8. The number of carbonyl (C=O) groups is 3. The van der Waals surface area contributed by atoms with Crippen molar-refractivity contribution in [2.75, 3.05) is 69.1 Å². The first-order chi connectivity index (χ1) is 24.4. The third kappa shape index (κ3) is 17.7. The lowest BCUT2D eigenvalue weighted by atomic mass is 10.1. The van der Waals surface area contributed by atoms with Crippen LogP contribution in [-0.2, 0) is 23.8 Å². The third-order valence-corrected chi connectivity index (χ3v) is 8.12. The molecule has 0 spiro atoms. The molecule has 10 nitrogen and oxygen atoms in total. The van der Waals surface area contributed by atoms with Crippen LogP contribution >= 0.6 is 0 Å². The van der Waals surface area contributed by atoms with Crippen LogP contribution in [0.15, 0.2) is 48.5 Å². The molecule has 2 aromatic rings. The molecule has 0 saturated heterocycles. The van der Waals surface area contributed by atoms with Crippen LogP contribution in [0.4, 0.5) is 16.2 Å². The smallest absolute Gasteiger partial charge is 0.414 e. The summed E-state index contributed by atoms with van der Waals surface area (Å²) in [6.07, 6.45) is 13.1. The van der Waals surface area contributed by atoms with Crippen molar-refractivity contribution in [3.05, 3.63) is 48.5 Å². The van der Waals surface area contributed by atoms with Crippen LogP contribution in [0.3, 0.4) is 0 Å². The molecule has 0 fully saturated rings. The molecule has 2 rings (SSSR count). The molecule has 0 aliphatic heterocycles. The molecule has 0 radical (unpaired) electrons. The van der Waals surface area contributed by atoms with Gasteiger partial charge in [-0.25, -0.2) is 4.79 Å². The van der Waals surface area contributed by atoms with E-state index in [1.54, 1.807) is 18.2 Å². The van der Waals surface area contributed by atoms with E-state index in [0.717, 1.165) is 31.4 Å². The Morgan fingerprint density at radius 2 is 1.10 bits per heavy atom. The molecular formula is C40H62N2O8. The first kappa shape index (κ1) is 42.4. The molecule has 0 saturated carbocycles. The van der Waals surface area contributed by atoms with Gasteiger partial charge in [-0.1, -0.05) is 102 Å². The van der Waals surface area contributed by atoms with Gasteiger partial charge in [0, 0.05) is 13.2 Å². The van der Waals surface area contributed by atoms with E-state index in [9.17, 15) is 14.4 Å². The second-order valence-corrected chi connectivity index (χ2v) is 12.4. The number of carbonyl (C=O) groups excluding carboxylic acids is 3. The molecule has 0 aromatic heterocycles. The van der Waals surface area contributed by atoms with E-state index in [1.165, 1.54) is 63.2 Å². The molecule has 1 amide bonds. The minimum Gasteiger partial charge on any atom is -0.488 e. The Morgan fingerprint density at radius 3 is 1.70 bits per heavy atom. The van der Waals surface area contributed by atoms with E-state index in [0.29, 0.717) is 43.6 Å². The fraction of sp³-hybridized carbons (Fsp3) is 0.625. The number of hydrogen-bond acceptors (Lipinski definition) is 9. The zero-order chi connectivity index (χ0) is 36.2. The van der Waals surface area contributed by atoms with E-state index < -0.39 is 6.09 Å². The highest BCUT2D eigenvalue weighted by Gasteiger charge is 2.22. The predicted octanol–water partition coefficient (Wildman–Crippen LogP) is 8.78. The summed E-state index contributed by atoms with van der Waals surface area (Å²) in [6, 6.07) is 14.6. The summed E-state index contributed by atoms with van der Waals surface area (Å²) in [5.41, 5.74) is 1.23. The molecule has 0 aliphatic carbocycles. The Kier molecular flexibility index (Phi) is 22.9. The summed E-state index contributed by atoms with van der Waals surface area (Å²) in [5, 5.41) is 0. The van der Waals surface area contributed by atoms with Gasteiger partial charge in [0.2, 0.25) is 0 Å². The van der Waals surface area contributed by atoms with Crippen LogP contribution in [0.2, 0.25) is 0 Å². The van der Waals surface area contributed by atoms with Crippen molar-refractivity contribution < 1.29 is 38.1 Å². The number of hydrogen-bond donors (Lipinski definition) is 0. The van der Waals surface area contributed by atoms with Gasteiger partial charge in [-0.3, -0.25) is 14.5 Å². The Bertz CT molecular complexity index is 1220. The number of Topliss-reactive ketones (excluding diaryl/α,β-unsaturated/α-hetero) is 1. The molecule has 0 N–H and O–H groups in total. The van der Waals surface area contributed by atoms with Crippen LogP contribution in [0, 0.1) is 0 Å². The Balaban J connectivity index is 1.86. The van der Waals surface area contributed by atoms with Gasteiger partial charge < -0.3 is 28.6 Å². The van der Waals surface area contributed by atoms with Gasteiger partial charge in [-0.15, -0.1) is 0 Å². The van der Waals surface area contributed by atoms with E-state index in [1.807, 2.05) is 42.2 Å². The summed E-state index contributed by atoms with van der Waals surface area (Å²) in [7, 11) is 0. The van der Waals surface area contributed by atoms with Crippen LogP contribution in [0.1, 0.15) is 105 Å². The highest BCUT2D eigenvalue weighted by atomic mass is 16.6. The normalized spacial score (nSPS) is 10.8. The SMILES string of the molecule is CCCCCCCCOCCOC(=O)CN(CC)c1ccccc1OCCOc1ccccc1N(CC(C)=O)C(=O)OCCCCCCCC. The predicted molar refractivity (Wildman–Crippen MR) is 200 cm³/mol. The summed E-state index contributed by atoms with van der Waals surface area (Å²) in [4.78, 5) is 41.0. The maximum atomic E-state index is 13.1. The number of rotatable bonds is 29. The Morgan fingerprint density at radius 1 is 0.560 bits per heavy atom. The zero-order valence-corrected chi connectivity index (χ0v) is 31.1. The molecule has 0 unspecified atom stereocenters. The van der Waals surface area contributed by atoms with E-state index in [-0.39, 0.29) is 44.7 Å². The fourth-order valence-electron chi connectivity index (χ4n) is 5.41. The van der Waals surface area contributed by atoms with Gasteiger partial charge in [0.25, 0.3) is 0 Å². The monoisotopic (exact) mass is 698 g/mol. The largest absolute Gasteiger partial charge is 0.488 e. The van der Waals surface area contributed by atoms with Crippen LogP contribution in [-0.4, -0.2) is 77.1 Å². The molecule has 0 bridgehead atoms. The van der Waals surface area contributed by atoms with Gasteiger partial charge in [-0.05, 0) is 51.0 Å². The first-order valence-corrected chi connectivity index (χ1v) is 18.8. The maximum absolute atomic E-state index is 13.1. The van der Waals surface area contributed by atoms with Crippen molar-refractivity contribution in [3.8, 4) is 11.5 Å². The van der Waals surface area contributed by atoms with Gasteiger partial charge >= 0.3 is 12.1 Å². The molecule has 10 heteroatoms. The second-order valence-electron chi connectivity index (χ2n) is 12.4. The average Bonchev–Trinajstić information content (AvgIpc) is 3.12. The van der Waals surface area contributed by atoms with Gasteiger partial charge in [0.05, 0.1) is 31.1 Å². The number of esters is 1. The third-order valence-electron chi connectivity index (χ3n) is 8.12. The molecule has 50 heavy (non-hydrogen) atoms. The molecule has 280 valence electrons. The van der Waals surface area contributed by atoms with Crippen LogP contribution < -0.4 is 19.3 Å². The Hall–Kier alpha value is -3.79. The molecule has 0 aliphatic rings. The van der Waals surface area contributed by atoms with E-state index >= 15 is 0 Å². The molecular weight excluding hydrogens is 636 g/mol. The minimum atomic E-state index is -0.575. The highest BCUT2D eigenvalue weighted by Crippen LogP contribution is 2.30. The highest BCUT2D eigenvalue weighted by molar-refractivity contribution is 5.96. The standard InChI is InChI=1S/C40H62N2O8/c1-5-8-10-12-14-20-26-46-28-29-49-39(44)33-41(7-3)35-22-16-18-24-37(35)47-30-31-48-38-25-19-17-23-36(38)42(32-34(4)43)40(45)50-27-21-15-13-11-9-6-2/h16-19,22-25H,5-15,20-21,26-33H2,1-4H3. The molecule has 0 atom stereocenters. The number of amides is 1. The minimum absolute atomic E-state index is 0.0825. The lowest BCUT2D eigenvalue weighted by molar-refractivity contribution is -0.143. The number of para-hydroxylation sites is 4. The lowest BCUT2D eigenvalue weighted by Gasteiger charge is -2.25. The maximum Gasteiger partial charge on any atom is 0.414 e. The number of likely N-dealkylation sites (N-methyl/N-ethyl adjacent to an activating group) is 1. The number of nitrogens with zero attached hydrogens (tertiary/aromatic N) is 2. The summed E-state index contributed by atoms with van der Waals surface area (Å²) >= 11 is 0. The van der Waals surface area contributed by atoms with E-state index in [2.05, 4.69) is 13.8 Å². The number of ether oxygens (including phenoxy) is 5. The fourth-order valence-corrected chi connectivity index (χ4v) is 5.41. The van der Waals surface area contributed by atoms with Gasteiger partial charge in [-0.2, -0.15) is 0 Å². The van der Waals surface area contributed by atoms with Gasteiger partial charge in [0.1, 0.15) is 43.6 Å².